The number of hydrogen-bond donors (Lipinski definition) is 1. The van der Waals surface area contributed by atoms with Crippen LogP contribution in [0.2, 0.25) is 0 Å². The molecule has 0 saturated carbocycles. The van der Waals surface area contributed by atoms with Gasteiger partial charge in [-0.1, -0.05) is 12.1 Å². The summed E-state index contributed by atoms with van der Waals surface area (Å²) in [4.78, 5) is 25.4. The van der Waals surface area contributed by atoms with Crippen molar-refractivity contribution < 1.29 is 14.7 Å². The van der Waals surface area contributed by atoms with Crippen LogP contribution in [-0.2, 0) is 0 Å². The van der Waals surface area contributed by atoms with Gasteiger partial charge in [-0.2, -0.15) is 11.8 Å². The van der Waals surface area contributed by atoms with Crippen molar-refractivity contribution in [3.63, 3.8) is 0 Å². The zero-order valence-electron chi connectivity index (χ0n) is 10.7. The van der Waals surface area contributed by atoms with Crippen LogP contribution in [0, 0.1) is 0 Å². The summed E-state index contributed by atoms with van der Waals surface area (Å²) in [6.45, 7) is 0.684. The first-order valence-corrected chi connectivity index (χ1v) is 7.55. The number of carbonyl (C=O) groups is 2. The van der Waals surface area contributed by atoms with Crippen LogP contribution in [0.1, 0.15) is 33.6 Å². The molecule has 102 valence electrons. The summed E-state index contributed by atoms with van der Waals surface area (Å²) in [6.07, 6.45) is 1.58. The lowest BCUT2D eigenvalue weighted by Crippen LogP contribution is -2.31. The van der Waals surface area contributed by atoms with Crippen molar-refractivity contribution >= 4 is 23.6 Å². The van der Waals surface area contributed by atoms with Crippen molar-refractivity contribution in [1.82, 2.24) is 4.90 Å². The molecule has 5 heteroatoms. The molecule has 1 aromatic rings. The summed E-state index contributed by atoms with van der Waals surface area (Å²) in [5.74, 6) is 1.45. The van der Waals surface area contributed by atoms with Gasteiger partial charge in [0.05, 0.1) is 11.1 Å². The van der Waals surface area contributed by atoms with E-state index in [9.17, 15) is 9.59 Å². The van der Waals surface area contributed by atoms with Gasteiger partial charge in [0.2, 0.25) is 0 Å². The number of nitrogens with zero attached hydrogens (tertiary/aromatic N) is 1. The van der Waals surface area contributed by atoms with Gasteiger partial charge in [-0.15, -0.1) is 0 Å². The van der Waals surface area contributed by atoms with E-state index in [0.717, 1.165) is 24.3 Å². The van der Waals surface area contributed by atoms with Crippen molar-refractivity contribution in [2.75, 3.05) is 24.7 Å². The number of rotatable bonds is 7. The standard InChI is InChI=1S/C14H17NO3S/c16-8-4-10-19-9-3-7-15-13(17)11-5-1-2-6-12(11)14(15)18/h1-2,5-6,16H,3-4,7-10H2. The van der Waals surface area contributed by atoms with Gasteiger partial charge in [0.1, 0.15) is 0 Å². The number of carbonyl (C=O) groups excluding carboxylic acids is 2. The number of amides is 2. The fourth-order valence-corrected chi connectivity index (χ4v) is 2.91. The van der Waals surface area contributed by atoms with Gasteiger partial charge in [-0.3, -0.25) is 14.5 Å². The molecule has 0 fully saturated rings. The Labute approximate surface area is 116 Å². The molecule has 0 unspecified atom stereocenters. The molecule has 0 saturated heterocycles. The van der Waals surface area contributed by atoms with E-state index in [0.29, 0.717) is 17.7 Å². The van der Waals surface area contributed by atoms with Crippen LogP contribution in [0.3, 0.4) is 0 Å². The summed E-state index contributed by atoms with van der Waals surface area (Å²) in [7, 11) is 0. The van der Waals surface area contributed by atoms with E-state index in [1.165, 1.54) is 4.90 Å². The third kappa shape index (κ3) is 3.16. The molecule has 1 aliphatic rings. The number of aliphatic hydroxyl groups is 1. The molecule has 4 nitrogen and oxygen atoms in total. The topological polar surface area (TPSA) is 57.6 Å². The zero-order valence-corrected chi connectivity index (χ0v) is 11.5. The van der Waals surface area contributed by atoms with E-state index >= 15 is 0 Å². The summed E-state index contributed by atoms with van der Waals surface area (Å²) >= 11 is 1.74. The van der Waals surface area contributed by atoms with E-state index in [1.54, 1.807) is 36.0 Å². The Bertz CT molecular complexity index is 441. The molecule has 1 aliphatic heterocycles. The summed E-state index contributed by atoms with van der Waals surface area (Å²) in [5.41, 5.74) is 1.03. The molecule has 0 radical (unpaired) electrons. The Morgan fingerprint density at radius 1 is 1.00 bits per heavy atom. The van der Waals surface area contributed by atoms with Crippen LogP contribution in [0.4, 0.5) is 0 Å². The molecule has 1 heterocycles. The van der Waals surface area contributed by atoms with Crippen molar-refractivity contribution in [2.45, 2.75) is 12.8 Å². The predicted molar refractivity (Wildman–Crippen MR) is 75.5 cm³/mol. The fourth-order valence-electron chi connectivity index (χ4n) is 2.04. The monoisotopic (exact) mass is 279 g/mol. The number of hydrogen-bond acceptors (Lipinski definition) is 4. The molecule has 2 amide bonds. The van der Waals surface area contributed by atoms with E-state index in [-0.39, 0.29) is 18.4 Å². The third-order valence-electron chi connectivity index (χ3n) is 3.00. The van der Waals surface area contributed by atoms with Gasteiger partial charge >= 0.3 is 0 Å². The van der Waals surface area contributed by atoms with Crippen molar-refractivity contribution in [1.29, 1.82) is 0 Å². The quantitative estimate of drug-likeness (QED) is 0.610. The minimum absolute atomic E-state index is 0.180. The first kappa shape index (κ1) is 14.1. The van der Waals surface area contributed by atoms with Crippen molar-refractivity contribution in [3.05, 3.63) is 35.4 Å². The van der Waals surface area contributed by atoms with Crippen LogP contribution in [0.5, 0.6) is 0 Å². The highest BCUT2D eigenvalue weighted by atomic mass is 32.2. The second-order valence-corrected chi connectivity index (χ2v) is 5.58. The Hall–Kier alpha value is -1.33. The molecule has 0 spiro atoms. The van der Waals surface area contributed by atoms with Gasteiger partial charge in [0, 0.05) is 13.2 Å². The van der Waals surface area contributed by atoms with Gasteiger partial charge in [0.25, 0.3) is 11.8 Å². The highest BCUT2D eigenvalue weighted by Crippen LogP contribution is 2.22. The minimum atomic E-state index is -0.180. The van der Waals surface area contributed by atoms with Crippen LogP contribution < -0.4 is 0 Å². The maximum absolute atomic E-state index is 12.0. The molecule has 0 aliphatic carbocycles. The molecule has 2 rings (SSSR count). The van der Waals surface area contributed by atoms with E-state index < -0.39 is 0 Å². The molecule has 0 bridgehead atoms. The van der Waals surface area contributed by atoms with Crippen LogP contribution in [0.15, 0.2) is 24.3 Å². The summed E-state index contributed by atoms with van der Waals surface area (Å²) in [5, 5.41) is 8.65. The van der Waals surface area contributed by atoms with Gasteiger partial charge < -0.3 is 5.11 Å². The fraction of sp³-hybridized carbons (Fsp3) is 0.429. The second kappa shape index (κ2) is 6.73. The average Bonchev–Trinajstić information content (AvgIpc) is 2.68. The summed E-state index contributed by atoms with van der Waals surface area (Å²) < 4.78 is 0. The van der Waals surface area contributed by atoms with E-state index in [4.69, 9.17) is 5.11 Å². The SMILES string of the molecule is O=C1c2ccccc2C(=O)N1CCCSCCCO. The lowest BCUT2D eigenvalue weighted by Gasteiger charge is -2.13. The predicted octanol–water partition coefficient (Wildman–Crippen LogP) is 1.79. The van der Waals surface area contributed by atoms with E-state index in [2.05, 4.69) is 0 Å². The van der Waals surface area contributed by atoms with E-state index in [1.807, 2.05) is 0 Å². The zero-order chi connectivity index (χ0) is 13.7. The number of thioether (sulfide) groups is 1. The summed E-state index contributed by atoms with van der Waals surface area (Å²) in [6, 6.07) is 6.95. The normalized spacial score (nSPS) is 14.1. The van der Waals surface area contributed by atoms with Gasteiger partial charge in [-0.05, 0) is 36.5 Å². The number of fused-ring (bicyclic) bond motifs is 1. The van der Waals surface area contributed by atoms with Gasteiger partial charge in [-0.25, -0.2) is 0 Å². The lowest BCUT2D eigenvalue weighted by molar-refractivity contribution is 0.0655. The smallest absolute Gasteiger partial charge is 0.261 e. The van der Waals surface area contributed by atoms with Crippen molar-refractivity contribution in [2.24, 2.45) is 0 Å². The number of aliphatic hydroxyl groups excluding tert-OH is 1. The van der Waals surface area contributed by atoms with Crippen LogP contribution >= 0.6 is 11.8 Å². The minimum Gasteiger partial charge on any atom is -0.396 e. The first-order chi connectivity index (χ1) is 9.25. The maximum Gasteiger partial charge on any atom is 0.261 e. The second-order valence-electron chi connectivity index (χ2n) is 4.35. The Kier molecular flexibility index (Phi) is 4.99. The first-order valence-electron chi connectivity index (χ1n) is 6.39. The Morgan fingerprint density at radius 3 is 2.16 bits per heavy atom. The molecule has 1 aromatic carbocycles. The third-order valence-corrected chi connectivity index (χ3v) is 4.15. The highest BCUT2D eigenvalue weighted by Gasteiger charge is 2.34. The maximum atomic E-state index is 12.0. The number of imide groups is 1. The number of benzene rings is 1. The lowest BCUT2D eigenvalue weighted by atomic mass is 10.1. The molecular formula is C14H17NO3S. The molecule has 0 aromatic heterocycles. The average molecular weight is 279 g/mol. The Morgan fingerprint density at radius 2 is 1.58 bits per heavy atom. The Balaban J connectivity index is 1.83. The van der Waals surface area contributed by atoms with Crippen LogP contribution in [-0.4, -0.2) is 46.5 Å². The van der Waals surface area contributed by atoms with Crippen LogP contribution in [0.25, 0.3) is 0 Å². The largest absolute Gasteiger partial charge is 0.396 e. The highest BCUT2D eigenvalue weighted by molar-refractivity contribution is 7.99. The molecule has 0 atom stereocenters. The molecular weight excluding hydrogens is 262 g/mol. The molecule has 19 heavy (non-hydrogen) atoms. The van der Waals surface area contributed by atoms with Gasteiger partial charge in [0.15, 0.2) is 0 Å². The molecule has 1 N–H and O–H groups in total. The van der Waals surface area contributed by atoms with Crippen molar-refractivity contribution in [3.8, 4) is 0 Å².